The molecule has 0 amide bonds. The van der Waals surface area contributed by atoms with Gasteiger partial charge in [-0.1, -0.05) is 6.07 Å². The Labute approximate surface area is 134 Å². The molecule has 5 heteroatoms. The highest BCUT2D eigenvalue weighted by Crippen LogP contribution is 2.14. The van der Waals surface area contributed by atoms with Crippen molar-refractivity contribution < 1.29 is 0 Å². The van der Waals surface area contributed by atoms with Gasteiger partial charge in [-0.3, -0.25) is 4.98 Å². The fraction of sp³-hybridized carbons (Fsp3) is 0.643. The molecule has 0 spiro atoms. The molecule has 0 saturated carbocycles. The van der Waals surface area contributed by atoms with E-state index in [2.05, 4.69) is 40.8 Å². The van der Waals surface area contributed by atoms with Crippen LogP contribution in [0.2, 0.25) is 0 Å². The summed E-state index contributed by atoms with van der Waals surface area (Å²) in [5, 5.41) is 0. The van der Waals surface area contributed by atoms with Crippen LogP contribution in [0.25, 0.3) is 0 Å². The smallest absolute Gasteiger partial charge is 0.0308 e. The fourth-order valence-electron chi connectivity index (χ4n) is 1.40. The molecule has 1 rings (SSSR count). The van der Waals surface area contributed by atoms with Crippen LogP contribution in [0.15, 0.2) is 24.5 Å². The van der Waals surface area contributed by atoms with Crippen LogP contribution in [-0.4, -0.2) is 45.8 Å². The molecule has 0 unspecified atom stereocenters. The van der Waals surface area contributed by atoms with Crippen molar-refractivity contribution in [2.24, 2.45) is 0 Å². The van der Waals surface area contributed by atoms with Crippen molar-refractivity contribution in [1.29, 1.82) is 0 Å². The Morgan fingerprint density at radius 3 is 2.37 bits per heavy atom. The Morgan fingerprint density at radius 1 is 0.947 bits per heavy atom. The molecule has 1 heterocycles. The normalized spacial score (nSPS) is 10.8. The van der Waals surface area contributed by atoms with Crippen LogP contribution in [0, 0.1) is 0 Å². The molecule has 0 fully saturated rings. The maximum absolute atomic E-state index is 4.13. The molecular formula is C14H23NS4. The molecule has 108 valence electrons. The van der Waals surface area contributed by atoms with Gasteiger partial charge in [0.25, 0.3) is 0 Å². The predicted molar refractivity (Wildman–Crippen MR) is 98.0 cm³/mol. The average molecular weight is 334 g/mol. The van der Waals surface area contributed by atoms with Gasteiger partial charge in [-0.05, 0) is 35.8 Å². The van der Waals surface area contributed by atoms with Crippen molar-refractivity contribution in [3.8, 4) is 0 Å². The lowest BCUT2D eigenvalue weighted by atomic mass is 10.3. The van der Waals surface area contributed by atoms with Gasteiger partial charge >= 0.3 is 0 Å². The molecule has 1 aromatic rings. The Morgan fingerprint density at radius 2 is 1.68 bits per heavy atom. The van der Waals surface area contributed by atoms with Crippen LogP contribution < -0.4 is 0 Å². The highest BCUT2D eigenvalue weighted by Gasteiger charge is 1.95. The second-order valence-electron chi connectivity index (χ2n) is 3.98. The van der Waals surface area contributed by atoms with Crippen molar-refractivity contribution in [1.82, 2.24) is 4.98 Å². The third kappa shape index (κ3) is 10.9. The standard InChI is InChI=1S/C14H23NS4/c1-16-8-9-17-6-3-7-18-10-11-19-13-14-4-2-5-15-12-14/h2,4-5,12H,3,6-11,13H2,1H3. The summed E-state index contributed by atoms with van der Waals surface area (Å²) in [4.78, 5) is 4.13. The Bertz CT molecular complexity index is 295. The number of thioether (sulfide) groups is 4. The molecule has 0 N–H and O–H groups in total. The Balaban J connectivity index is 1.79. The van der Waals surface area contributed by atoms with Crippen LogP contribution >= 0.6 is 47.0 Å². The van der Waals surface area contributed by atoms with Crippen molar-refractivity contribution in [2.75, 3.05) is 40.8 Å². The van der Waals surface area contributed by atoms with E-state index in [-0.39, 0.29) is 0 Å². The number of hydrogen-bond acceptors (Lipinski definition) is 5. The third-order valence-corrected chi connectivity index (χ3v) is 6.67. The second-order valence-corrected chi connectivity index (χ2v) is 8.53. The van der Waals surface area contributed by atoms with E-state index in [1.807, 2.05) is 42.0 Å². The Kier molecular flexibility index (Phi) is 12.5. The topological polar surface area (TPSA) is 12.9 Å². The number of rotatable bonds is 12. The van der Waals surface area contributed by atoms with Gasteiger partial charge in [-0.15, -0.1) is 0 Å². The first kappa shape index (κ1) is 17.6. The maximum atomic E-state index is 4.13. The van der Waals surface area contributed by atoms with E-state index in [1.54, 1.807) is 0 Å². The van der Waals surface area contributed by atoms with Crippen molar-refractivity contribution >= 4 is 47.0 Å². The summed E-state index contributed by atoms with van der Waals surface area (Å²) in [5.74, 6) is 8.88. The zero-order valence-corrected chi connectivity index (χ0v) is 14.8. The molecule has 0 atom stereocenters. The summed E-state index contributed by atoms with van der Waals surface area (Å²) in [6, 6.07) is 4.16. The number of pyridine rings is 1. The summed E-state index contributed by atoms with van der Waals surface area (Å²) >= 11 is 8.15. The third-order valence-electron chi connectivity index (χ3n) is 2.37. The summed E-state index contributed by atoms with van der Waals surface area (Å²) in [7, 11) is 0. The maximum Gasteiger partial charge on any atom is 0.0308 e. The second kappa shape index (κ2) is 13.5. The van der Waals surface area contributed by atoms with Gasteiger partial charge in [0, 0.05) is 41.2 Å². The number of nitrogens with zero attached hydrogens (tertiary/aromatic N) is 1. The van der Waals surface area contributed by atoms with E-state index in [4.69, 9.17) is 0 Å². The molecule has 0 radical (unpaired) electrons. The molecule has 0 aromatic carbocycles. The van der Waals surface area contributed by atoms with Gasteiger partial charge in [0.1, 0.15) is 0 Å². The van der Waals surface area contributed by atoms with Crippen molar-refractivity contribution in [3.05, 3.63) is 30.1 Å². The van der Waals surface area contributed by atoms with Crippen LogP contribution in [0.4, 0.5) is 0 Å². The largest absolute Gasteiger partial charge is 0.264 e. The molecule has 19 heavy (non-hydrogen) atoms. The van der Waals surface area contributed by atoms with Crippen LogP contribution in [0.5, 0.6) is 0 Å². The van der Waals surface area contributed by atoms with Crippen LogP contribution in [0.1, 0.15) is 12.0 Å². The van der Waals surface area contributed by atoms with E-state index in [9.17, 15) is 0 Å². The molecule has 0 bridgehead atoms. The summed E-state index contributed by atoms with van der Waals surface area (Å²) < 4.78 is 0. The van der Waals surface area contributed by atoms with E-state index in [1.165, 1.54) is 46.5 Å². The SMILES string of the molecule is CSCCSCCCSCCSCc1cccnc1. The lowest BCUT2D eigenvalue weighted by Gasteiger charge is -2.03. The summed E-state index contributed by atoms with van der Waals surface area (Å²) in [5.41, 5.74) is 1.34. The molecule has 0 aliphatic carbocycles. The predicted octanol–water partition coefficient (Wildman–Crippen LogP) is 4.53. The lowest BCUT2D eigenvalue weighted by molar-refractivity contribution is 1.12. The van der Waals surface area contributed by atoms with E-state index in [0.717, 1.165) is 5.75 Å². The van der Waals surface area contributed by atoms with Crippen LogP contribution in [-0.2, 0) is 5.75 Å². The molecule has 0 aliphatic heterocycles. The van der Waals surface area contributed by atoms with Gasteiger partial charge < -0.3 is 0 Å². The van der Waals surface area contributed by atoms with E-state index in [0.29, 0.717) is 0 Å². The molecule has 1 nitrogen and oxygen atoms in total. The highest BCUT2D eigenvalue weighted by atomic mass is 32.2. The first-order valence-corrected chi connectivity index (χ1v) is 11.4. The first-order valence-electron chi connectivity index (χ1n) is 6.54. The summed E-state index contributed by atoms with van der Waals surface area (Å²) in [6.07, 6.45) is 7.34. The molecule has 1 aromatic heterocycles. The van der Waals surface area contributed by atoms with Gasteiger partial charge in [-0.25, -0.2) is 0 Å². The zero-order valence-electron chi connectivity index (χ0n) is 11.5. The van der Waals surface area contributed by atoms with Crippen LogP contribution in [0.3, 0.4) is 0 Å². The fourth-order valence-corrected chi connectivity index (χ4v) is 5.32. The minimum atomic E-state index is 1.10. The molecular weight excluding hydrogens is 310 g/mol. The zero-order chi connectivity index (χ0) is 13.6. The number of aromatic nitrogens is 1. The average Bonchev–Trinajstić information content (AvgIpc) is 2.46. The van der Waals surface area contributed by atoms with E-state index < -0.39 is 0 Å². The molecule has 0 aliphatic rings. The highest BCUT2D eigenvalue weighted by molar-refractivity contribution is 8.03. The minimum absolute atomic E-state index is 1.10. The summed E-state index contributed by atoms with van der Waals surface area (Å²) in [6.45, 7) is 0. The Hall–Kier alpha value is 0.550. The monoisotopic (exact) mass is 333 g/mol. The first-order chi connectivity index (χ1) is 9.43. The van der Waals surface area contributed by atoms with E-state index >= 15 is 0 Å². The van der Waals surface area contributed by atoms with Gasteiger partial charge in [-0.2, -0.15) is 47.0 Å². The van der Waals surface area contributed by atoms with Gasteiger partial charge in [0.05, 0.1) is 0 Å². The number of hydrogen-bond donors (Lipinski definition) is 0. The van der Waals surface area contributed by atoms with Gasteiger partial charge in [0.2, 0.25) is 0 Å². The minimum Gasteiger partial charge on any atom is -0.264 e. The lowest BCUT2D eigenvalue weighted by Crippen LogP contribution is -1.91. The van der Waals surface area contributed by atoms with Gasteiger partial charge in [0.15, 0.2) is 0 Å². The molecule has 0 saturated heterocycles. The quantitative estimate of drug-likeness (QED) is 0.519. The van der Waals surface area contributed by atoms with Crippen molar-refractivity contribution in [3.63, 3.8) is 0 Å². The van der Waals surface area contributed by atoms with Crippen molar-refractivity contribution in [2.45, 2.75) is 12.2 Å².